The number of thiophene rings is 1. The van der Waals surface area contributed by atoms with Crippen LogP contribution < -0.4 is 0 Å². The molecular weight excluding hydrogens is 328 g/mol. The topological polar surface area (TPSA) is 0 Å². The number of hydrogen-bond donors (Lipinski definition) is 0. The van der Waals surface area contributed by atoms with Crippen molar-refractivity contribution in [1.29, 1.82) is 0 Å². The van der Waals surface area contributed by atoms with Gasteiger partial charge >= 0.3 is 0 Å². The minimum atomic E-state index is 1.27. The molecule has 4 rings (SSSR count). The van der Waals surface area contributed by atoms with E-state index in [9.17, 15) is 0 Å². The molecule has 0 aliphatic carbocycles. The van der Waals surface area contributed by atoms with E-state index in [1.165, 1.54) is 31.4 Å². The zero-order valence-electron chi connectivity index (χ0n) is 13.1. The molecule has 4 aromatic rings. The predicted molar refractivity (Wildman–Crippen MR) is 106 cm³/mol. The normalized spacial score (nSPS) is 10.7. The molecule has 0 atom stereocenters. The van der Waals surface area contributed by atoms with Gasteiger partial charge in [-0.3, -0.25) is 0 Å². The molecule has 24 heavy (non-hydrogen) atoms. The molecule has 1 aromatic heterocycles. The number of benzene rings is 3. The Morgan fingerprint density at radius 3 is 1.75 bits per heavy atom. The van der Waals surface area contributed by atoms with Gasteiger partial charge in [0.15, 0.2) is 0 Å². The second-order valence-electron chi connectivity index (χ2n) is 5.46. The molecule has 3 aromatic carbocycles. The average Bonchev–Trinajstić information content (AvgIpc) is 3.07. The van der Waals surface area contributed by atoms with Gasteiger partial charge in [-0.2, -0.15) is 0 Å². The van der Waals surface area contributed by atoms with E-state index in [1.807, 2.05) is 23.1 Å². The first-order valence-corrected chi connectivity index (χ1v) is 9.56. The molecule has 0 fully saturated rings. The monoisotopic (exact) mass is 344 g/mol. The lowest BCUT2D eigenvalue weighted by molar-refractivity contribution is 1.45. The summed E-state index contributed by atoms with van der Waals surface area (Å²) in [4.78, 5) is 1.27. The summed E-state index contributed by atoms with van der Waals surface area (Å²) in [6.45, 7) is 0. The molecule has 0 saturated carbocycles. The van der Waals surface area contributed by atoms with Crippen molar-refractivity contribution in [2.75, 3.05) is 0 Å². The fraction of sp³-hybridized carbons (Fsp3) is 0. The van der Waals surface area contributed by atoms with Crippen LogP contribution in [0.15, 0.2) is 105 Å². The number of hydrogen-bond acceptors (Lipinski definition) is 2. The van der Waals surface area contributed by atoms with Crippen LogP contribution in [0.25, 0.3) is 22.3 Å². The minimum Gasteiger partial charge on any atom is -0.136 e. The molecule has 1 heterocycles. The van der Waals surface area contributed by atoms with E-state index in [0.29, 0.717) is 0 Å². The van der Waals surface area contributed by atoms with Gasteiger partial charge < -0.3 is 0 Å². The van der Waals surface area contributed by atoms with Gasteiger partial charge in [-0.25, -0.2) is 0 Å². The zero-order valence-corrected chi connectivity index (χ0v) is 14.7. The average molecular weight is 345 g/mol. The van der Waals surface area contributed by atoms with Gasteiger partial charge in [0.25, 0.3) is 0 Å². The molecule has 0 saturated heterocycles. The Hall–Kier alpha value is -2.29. The van der Waals surface area contributed by atoms with Crippen molar-refractivity contribution >= 4 is 23.1 Å². The first-order valence-electron chi connectivity index (χ1n) is 7.87. The second kappa shape index (κ2) is 7.08. The summed E-state index contributed by atoms with van der Waals surface area (Å²) >= 11 is 3.67. The fourth-order valence-corrected chi connectivity index (χ4v) is 5.01. The van der Waals surface area contributed by atoms with Crippen molar-refractivity contribution in [1.82, 2.24) is 0 Å². The quantitative estimate of drug-likeness (QED) is 0.376. The van der Waals surface area contributed by atoms with Crippen LogP contribution in [0, 0.1) is 0 Å². The van der Waals surface area contributed by atoms with Gasteiger partial charge in [0.2, 0.25) is 0 Å². The van der Waals surface area contributed by atoms with E-state index in [1.54, 1.807) is 0 Å². The van der Waals surface area contributed by atoms with Crippen LogP contribution in [-0.4, -0.2) is 0 Å². The lowest BCUT2D eigenvalue weighted by Crippen LogP contribution is -1.82. The maximum absolute atomic E-state index is 2.28. The van der Waals surface area contributed by atoms with Gasteiger partial charge in [0.1, 0.15) is 0 Å². The van der Waals surface area contributed by atoms with E-state index in [2.05, 4.69) is 96.4 Å². The van der Waals surface area contributed by atoms with E-state index in [4.69, 9.17) is 0 Å². The number of rotatable bonds is 4. The van der Waals surface area contributed by atoms with Crippen molar-refractivity contribution in [3.63, 3.8) is 0 Å². The van der Waals surface area contributed by atoms with Crippen molar-refractivity contribution in [3.8, 4) is 22.3 Å². The molecule has 2 heteroatoms. The third-order valence-corrected chi connectivity index (χ3v) is 6.07. The van der Waals surface area contributed by atoms with Gasteiger partial charge in [-0.1, -0.05) is 90.6 Å². The smallest absolute Gasteiger partial charge is 0.0731 e. The van der Waals surface area contributed by atoms with E-state index < -0.39 is 0 Å². The van der Waals surface area contributed by atoms with Crippen LogP contribution in [0.1, 0.15) is 0 Å². The molecule has 0 aliphatic rings. The van der Waals surface area contributed by atoms with E-state index in [-0.39, 0.29) is 0 Å². The largest absolute Gasteiger partial charge is 0.136 e. The van der Waals surface area contributed by atoms with Crippen LogP contribution in [-0.2, 0) is 0 Å². The first kappa shape index (κ1) is 15.3. The fourth-order valence-electron chi connectivity index (χ4n) is 2.72. The molecule has 0 unspecified atom stereocenters. The maximum Gasteiger partial charge on any atom is 0.0731 e. The highest BCUT2D eigenvalue weighted by Crippen LogP contribution is 2.46. The van der Waals surface area contributed by atoms with Crippen LogP contribution >= 0.6 is 23.1 Å². The second-order valence-corrected chi connectivity index (χ2v) is 7.68. The molecule has 0 aliphatic heterocycles. The predicted octanol–water partition coefficient (Wildman–Crippen LogP) is 7.23. The van der Waals surface area contributed by atoms with Crippen LogP contribution in [0.3, 0.4) is 0 Å². The summed E-state index contributed by atoms with van der Waals surface area (Å²) in [5.74, 6) is 0. The lowest BCUT2D eigenvalue weighted by atomic mass is 9.99. The molecule has 0 bridgehead atoms. The minimum absolute atomic E-state index is 1.27. The van der Waals surface area contributed by atoms with E-state index in [0.717, 1.165) is 0 Å². The van der Waals surface area contributed by atoms with Gasteiger partial charge in [-0.05, 0) is 23.3 Å². The van der Waals surface area contributed by atoms with Gasteiger partial charge in [0.05, 0.1) is 4.21 Å². The Morgan fingerprint density at radius 2 is 1.12 bits per heavy atom. The Balaban J connectivity index is 1.84. The third-order valence-electron chi connectivity index (χ3n) is 3.86. The van der Waals surface area contributed by atoms with Crippen LogP contribution in [0.5, 0.6) is 0 Å². The summed E-state index contributed by atoms with van der Waals surface area (Å²) in [6, 6.07) is 31.9. The van der Waals surface area contributed by atoms with Gasteiger partial charge in [0, 0.05) is 21.4 Å². The van der Waals surface area contributed by atoms with Crippen LogP contribution in [0.2, 0.25) is 0 Å². The Morgan fingerprint density at radius 1 is 0.583 bits per heavy atom. The summed E-state index contributed by atoms with van der Waals surface area (Å²) in [7, 11) is 0. The molecule has 116 valence electrons. The molecule has 0 radical (unpaired) electrons. The summed E-state index contributed by atoms with van der Waals surface area (Å²) in [6.07, 6.45) is 0. The van der Waals surface area contributed by atoms with Crippen molar-refractivity contribution in [2.45, 2.75) is 9.10 Å². The molecule has 0 amide bonds. The zero-order chi connectivity index (χ0) is 16.2. The van der Waals surface area contributed by atoms with Crippen molar-refractivity contribution < 1.29 is 0 Å². The Kier molecular flexibility index (Phi) is 4.50. The van der Waals surface area contributed by atoms with Crippen molar-refractivity contribution in [2.24, 2.45) is 0 Å². The standard InChI is InChI=1S/C22H16S2/c1-4-10-17(11-5-1)20-16-23-22(24-19-14-8-3-9-15-19)21(20)18-12-6-2-7-13-18/h1-16H. The highest BCUT2D eigenvalue weighted by molar-refractivity contribution is 8.01. The third kappa shape index (κ3) is 3.16. The highest BCUT2D eigenvalue weighted by atomic mass is 32.2. The summed E-state index contributed by atoms with van der Waals surface area (Å²) in [5, 5.41) is 2.28. The molecule has 0 N–H and O–H groups in total. The van der Waals surface area contributed by atoms with Crippen LogP contribution in [0.4, 0.5) is 0 Å². The van der Waals surface area contributed by atoms with Crippen molar-refractivity contribution in [3.05, 3.63) is 96.4 Å². The lowest BCUT2D eigenvalue weighted by Gasteiger charge is -2.08. The molecule has 0 spiro atoms. The SMILES string of the molecule is c1ccc(Sc2scc(-c3ccccc3)c2-c2ccccc2)cc1. The maximum atomic E-state index is 2.28. The Labute approximate surface area is 150 Å². The molecule has 0 nitrogen and oxygen atoms in total. The highest BCUT2D eigenvalue weighted by Gasteiger charge is 2.16. The first-order chi connectivity index (χ1) is 11.9. The molecular formula is C22H16S2. The summed E-state index contributed by atoms with van der Waals surface area (Å²) in [5.41, 5.74) is 5.19. The van der Waals surface area contributed by atoms with E-state index >= 15 is 0 Å². The summed E-state index contributed by atoms with van der Waals surface area (Å²) < 4.78 is 1.34. The Bertz CT molecular complexity index is 910. The van der Waals surface area contributed by atoms with Gasteiger partial charge in [-0.15, -0.1) is 11.3 Å².